The Balaban J connectivity index is 3.52. The maximum absolute atomic E-state index is 5.76. The van der Waals surface area contributed by atoms with E-state index in [1.54, 1.807) is 7.11 Å². The molecule has 108 valence electrons. The smallest absolute Gasteiger partial charge is 0.126 e. The Morgan fingerprint density at radius 1 is 1.05 bits per heavy atom. The van der Waals surface area contributed by atoms with Gasteiger partial charge in [-0.1, -0.05) is 52.3 Å². The molecule has 0 aliphatic rings. The van der Waals surface area contributed by atoms with Crippen LogP contribution in [0.5, 0.6) is 5.75 Å². The van der Waals surface area contributed by atoms with Crippen LogP contribution in [0.15, 0.2) is 12.1 Å². The quantitative estimate of drug-likeness (QED) is 0.893. The van der Waals surface area contributed by atoms with Gasteiger partial charge in [-0.15, -0.1) is 0 Å². The van der Waals surface area contributed by atoms with Crippen molar-refractivity contribution in [1.29, 1.82) is 0 Å². The van der Waals surface area contributed by atoms with Crippen LogP contribution in [0.2, 0.25) is 0 Å². The second-order valence-corrected chi connectivity index (χ2v) is 7.07. The van der Waals surface area contributed by atoms with E-state index >= 15 is 0 Å². The van der Waals surface area contributed by atoms with Gasteiger partial charge in [0.25, 0.3) is 0 Å². The van der Waals surface area contributed by atoms with E-state index in [4.69, 9.17) is 10.5 Å². The lowest BCUT2D eigenvalue weighted by atomic mass is 9.76. The van der Waals surface area contributed by atoms with E-state index in [9.17, 15) is 0 Å². The third-order valence-electron chi connectivity index (χ3n) is 3.74. The summed E-state index contributed by atoms with van der Waals surface area (Å²) < 4.78 is 5.75. The van der Waals surface area contributed by atoms with Crippen molar-refractivity contribution < 1.29 is 4.74 Å². The number of aryl methyl sites for hydroxylation is 1. The minimum Gasteiger partial charge on any atom is -0.496 e. The summed E-state index contributed by atoms with van der Waals surface area (Å²) in [6.45, 7) is 14.0. The second-order valence-electron chi connectivity index (χ2n) is 7.07. The van der Waals surface area contributed by atoms with Crippen molar-refractivity contribution in [3.05, 3.63) is 28.8 Å². The van der Waals surface area contributed by atoms with Gasteiger partial charge in [0.05, 0.1) is 7.11 Å². The van der Waals surface area contributed by atoms with Crippen LogP contribution in [0.3, 0.4) is 0 Å². The standard InChI is InChI=1S/C17H29NO/c1-12-10-13(16(2,3)4)15(19-7)14(11-12)17(5,6)8-9-18/h10-11H,8-9,18H2,1-7H3. The van der Waals surface area contributed by atoms with Crippen molar-refractivity contribution in [3.8, 4) is 5.75 Å². The molecule has 0 fully saturated rings. The van der Waals surface area contributed by atoms with Gasteiger partial charge in [-0.2, -0.15) is 0 Å². The molecule has 1 aromatic carbocycles. The van der Waals surface area contributed by atoms with E-state index in [0.717, 1.165) is 12.2 Å². The molecular weight excluding hydrogens is 234 g/mol. The van der Waals surface area contributed by atoms with Crippen LogP contribution in [-0.2, 0) is 10.8 Å². The minimum atomic E-state index is 0.0338. The SMILES string of the molecule is COc1c(C(C)(C)C)cc(C)cc1C(C)(C)CCN. The van der Waals surface area contributed by atoms with E-state index < -0.39 is 0 Å². The van der Waals surface area contributed by atoms with Gasteiger partial charge >= 0.3 is 0 Å². The molecule has 0 atom stereocenters. The summed E-state index contributed by atoms with van der Waals surface area (Å²) in [4.78, 5) is 0. The highest BCUT2D eigenvalue weighted by Crippen LogP contribution is 2.41. The van der Waals surface area contributed by atoms with Crippen LogP contribution in [0, 0.1) is 6.92 Å². The van der Waals surface area contributed by atoms with Crippen molar-refractivity contribution in [2.24, 2.45) is 5.73 Å². The average molecular weight is 263 g/mol. The Kier molecular flexibility index (Phi) is 4.67. The molecule has 0 saturated carbocycles. The molecule has 2 heteroatoms. The second kappa shape index (κ2) is 5.54. The molecule has 0 amide bonds. The molecule has 0 bridgehead atoms. The minimum absolute atomic E-state index is 0.0338. The van der Waals surface area contributed by atoms with E-state index in [1.807, 2.05) is 0 Å². The van der Waals surface area contributed by atoms with Gasteiger partial charge in [-0.25, -0.2) is 0 Å². The van der Waals surface area contributed by atoms with Crippen LogP contribution in [0.4, 0.5) is 0 Å². The Hall–Kier alpha value is -1.02. The molecule has 2 N–H and O–H groups in total. The molecule has 0 aliphatic heterocycles. The monoisotopic (exact) mass is 263 g/mol. The van der Waals surface area contributed by atoms with Crippen LogP contribution < -0.4 is 10.5 Å². The first kappa shape index (κ1) is 16.0. The average Bonchev–Trinajstić information content (AvgIpc) is 2.26. The number of hydrogen-bond acceptors (Lipinski definition) is 2. The maximum Gasteiger partial charge on any atom is 0.126 e. The van der Waals surface area contributed by atoms with E-state index in [0.29, 0.717) is 6.54 Å². The third kappa shape index (κ3) is 3.50. The molecule has 0 radical (unpaired) electrons. The molecular formula is C17H29NO. The summed E-state index contributed by atoms with van der Waals surface area (Å²) >= 11 is 0. The fourth-order valence-corrected chi connectivity index (χ4v) is 2.55. The highest BCUT2D eigenvalue weighted by molar-refractivity contribution is 5.50. The Labute approximate surface area is 118 Å². The molecule has 0 aromatic heterocycles. The molecule has 1 rings (SSSR count). The number of hydrogen-bond donors (Lipinski definition) is 1. The zero-order chi connectivity index (χ0) is 14.8. The number of ether oxygens (including phenoxy) is 1. The fraction of sp³-hybridized carbons (Fsp3) is 0.647. The highest BCUT2D eigenvalue weighted by atomic mass is 16.5. The van der Waals surface area contributed by atoms with Crippen molar-refractivity contribution in [3.63, 3.8) is 0 Å². The fourth-order valence-electron chi connectivity index (χ4n) is 2.55. The van der Waals surface area contributed by atoms with Crippen LogP contribution in [-0.4, -0.2) is 13.7 Å². The summed E-state index contributed by atoms with van der Waals surface area (Å²) in [6.07, 6.45) is 0.955. The van der Waals surface area contributed by atoms with E-state index in [1.165, 1.54) is 16.7 Å². The lowest BCUT2D eigenvalue weighted by Crippen LogP contribution is -2.24. The topological polar surface area (TPSA) is 35.2 Å². The van der Waals surface area contributed by atoms with Crippen molar-refractivity contribution in [2.75, 3.05) is 13.7 Å². The number of benzene rings is 1. The predicted molar refractivity (Wildman–Crippen MR) is 83.1 cm³/mol. The normalized spacial score (nSPS) is 12.6. The Morgan fingerprint density at radius 3 is 2.00 bits per heavy atom. The largest absolute Gasteiger partial charge is 0.496 e. The number of rotatable bonds is 4. The molecule has 0 heterocycles. The summed E-state index contributed by atoms with van der Waals surface area (Å²) in [6, 6.07) is 4.48. The van der Waals surface area contributed by atoms with Crippen molar-refractivity contribution in [2.45, 2.75) is 58.8 Å². The van der Waals surface area contributed by atoms with Gasteiger partial charge in [0, 0.05) is 11.1 Å². The zero-order valence-corrected chi connectivity index (χ0v) is 13.6. The Morgan fingerprint density at radius 2 is 1.58 bits per heavy atom. The van der Waals surface area contributed by atoms with E-state index in [-0.39, 0.29) is 10.8 Å². The van der Waals surface area contributed by atoms with Gasteiger partial charge in [-0.05, 0) is 30.7 Å². The zero-order valence-electron chi connectivity index (χ0n) is 13.6. The molecule has 2 nitrogen and oxygen atoms in total. The molecule has 0 spiro atoms. The first-order valence-electron chi connectivity index (χ1n) is 7.03. The first-order valence-corrected chi connectivity index (χ1v) is 7.03. The van der Waals surface area contributed by atoms with E-state index in [2.05, 4.69) is 53.7 Å². The van der Waals surface area contributed by atoms with Gasteiger partial charge < -0.3 is 10.5 Å². The number of nitrogens with two attached hydrogens (primary N) is 1. The summed E-state index contributed by atoms with van der Waals surface area (Å²) in [5, 5.41) is 0. The van der Waals surface area contributed by atoms with Crippen LogP contribution >= 0.6 is 0 Å². The van der Waals surface area contributed by atoms with Gasteiger partial charge in [0.1, 0.15) is 5.75 Å². The van der Waals surface area contributed by atoms with Gasteiger partial charge in [0.15, 0.2) is 0 Å². The summed E-state index contributed by atoms with van der Waals surface area (Å²) in [5.41, 5.74) is 9.70. The highest BCUT2D eigenvalue weighted by Gasteiger charge is 2.29. The van der Waals surface area contributed by atoms with Crippen molar-refractivity contribution in [1.82, 2.24) is 0 Å². The third-order valence-corrected chi connectivity index (χ3v) is 3.74. The summed E-state index contributed by atoms with van der Waals surface area (Å²) in [7, 11) is 1.77. The molecule has 0 aliphatic carbocycles. The first-order chi connectivity index (χ1) is 8.63. The van der Waals surface area contributed by atoms with Crippen molar-refractivity contribution >= 4 is 0 Å². The molecule has 19 heavy (non-hydrogen) atoms. The van der Waals surface area contributed by atoms with Crippen LogP contribution in [0.1, 0.15) is 57.7 Å². The van der Waals surface area contributed by atoms with Crippen LogP contribution in [0.25, 0.3) is 0 Å². The van der Waals surface area contributed by atoms with Gasteiger partial charge in [0.2, 0.25) is 0 Å². The number of methoxy groups -OCH3 is 1. The predicted octanol–water partition coefficient (Wildman–Crippen LogP) is 3.93. The lowest BCUT2D eigenvalue weighted by Gasteiger charge is -2.31. The summed E-state index contributed by atoms with van der Waals surface area (Å²) in [5.74, 6) is 1.02. The molecule has 0 unspecified atom stereocenters. The molecule has 1 aromatic rings. The lowest BCUT2D eigenvalue weighted by molar-refractivity contribution is 0.372. The maximum atomic E-state index is 5.76. The van der Waals surface area contributed by atoms with Gasteiger partial charge in [-0.3, -0.25) is 0 Å². The Bertz CT molecular complexity index is 441. The molecule has 0 saturated heterocycles.